The third-order valence-electron chi connectivity index (χ3n) is 1.93. The van der Waals surface area contributed by atoms with E-state index in [0.717, 1.165) is 0 Å². The maximum atomic E-state index is 11.0. The summed E-state index contributed by atoms with van der Waals surface area (Å²) in [5, 5.41) is 0. The lowest BCUT2D eigenvalue weighted by Crippen LogP contribution is -2.15. The van der Waals surface area contributed by atoms with Gasteiger partial charge in [-0.05, 0) is 15.9 Å². The van der Waals surface area contributed by atoms with E-state index in [1.54, 1.807) is 23.0 Å². The Labute approximate surface area is 87.8 Å². The Kier molecular flexibility index (Phi) is 1.92. The lowest BCUT2D eigenvalue weighted by molar-refractivity contribution is 0.100. The van der Waals surface area contributed by atoms with Crippen molar-refractivity contribution in [2.24, 2.45) is 5.73 Å². The van der Waals surface area contributed by atoms with Crippen molar-refractivity contribution in [3.63, 3.8) is 0 Å². The van der Waals surface area contributed by atoms with Crippen molar-refractivity contribution in [1.29, 1.82) is 0 Å². The Hall–Kier alpha value is -1.56. The minimum Gasteiger partial charge on any atom is -0.397 e. The zero-order valence-corrected chi connectivity index (χ0v) is 8.65. The van der Waals surface area contributed by atoms with E-state index in [0.29, 0.717) is 15.8 Å². The molecule has 0 fully saturated rings. The maximum absolute atomic E-state index is 11.0. The molecule has 0 aliphatic heterocycles. The fourth-order valence-corrected chi connectivity index (χ4v) is 1.75. The molecular weight excluding hydrogens is 248 g/mol. The second-order valence-electron chi connectivity index (χ2n) is 2.79. The molecule has 0 unspecified atom stereocenters. The van der Waals surface area contributed by atoms with Crippen molar-refractivity contribution in [3.8, 4) is 0 Å². The third-order valence-corrected chi connectivity index (χ3v) is 2.71. The highest BCUT2D eigenvalue weighted by atomic mass is 79.9. The van der Waals surface area contributed by atoms with Crippen molar-refractivity contribution < 1.29 is 4.79 Å². The highest BCUT2D eigenvalue weighted by Crippen LogP contribution is 2.26. The topological polar surface area (TPSA) is 86.4 Å². The fourth-order valence-electron chi connectivity index (χ4n) is 1.23. The van der Waals surface area contributed by atoms with Crippen LogP contribution in [0, 0.1) is 0 Å². The van der Waals surface area contributed by atoms with Gasteiger partial charge in [0.25, 0.3) is 5.91 Å². The van der Waals surface area contributed by atoms with Gasteiger partial charge in [-0.3, -0.25) is 4.79 Å². The van der Waals surface area contributed by atoms with Crippen LogP contribution in [0.3, 0.4) is 0 Å². The van der Waals surface area contributed by atoms with Crippen LogP contribution in [0.2, 0.25) is 0 Å². The third kappa shape index (κ3) is 1.15. The molecule has 72 valence electrons. The van der Waals surface area contributed by atoms with Gasteiger partial charge in [0.2, 0.25) is 0 Å². The number of carbonyl (C=O) groups is 1. The highest BCUT2D eigenvalue weighted by Gasteiger charge is 2.13. The van der Waals surface area contributed by atoms with E-state index >= 15 is 0 Å². The molecule has 6 heteroatoms. The second kappa shape index (κ2) is 2.98. The predicted molar refractivity (Wildman–Crippen MR) is 55.8 cm³/mol. The van der Waals surface area contributed by atoms with Crippen LogP contribution < -0.4 is 11.5 Å². The van der Waals surface area contributed by atoms with Gasteiger partial charge in [-0.25, -0.2) is 4.98 Å². The number of carbonyl (C=O) groups excluding carboxylic acids is 1. The van der Waals surface area contributed by atoms with Gasteiger partial charge in [0.05, 0.1) is 15.7 Å². The SMILES string of the molecule is NC(=O)c1cn2ccnc2c(Br)c1N. The molecular formula is C8H7BrN4O. The summed E-state index contributed by atoms with van der Waals surface area (Å²) in [5.74, 6) is -0.557. The number of hydrogen-bond acceptors (Lipinski definition) is 3. The zero-order chi connectivity index (χ0) is 10.3. The van der Waals surface area contributed by atoms with Crippen LogP contribution in [0.1, 0.15) is 10.4 Å². The van der Waals surface area contributed by atoms with Crippen LogP contribution in [-0.4, -0.2) is 15.3 Å². The number of nitrogens with two attached hydrogens (primary N) is 2. The quantitative estimate of drug-likeness (QED) is 0.789. The molecule has 5 nitrogen and oxygen atoms in total. The van der Waals surface area contributed by atoms with Crippen LogP contribution in [0.4, 0.5) is 5.69 Å². The monoisotopic (exact) mass is 254 g/mol. The normalized spacial score (nSPS) is 10.6. The fraction of sp³-hybridized carbons (Fsp3) is 0. The molecule has 14 heavy (non-hydrogen) atoms. The smallest absolute Gasteiger partial charge is 0.252 e. The molecule has 0 aromatic carbocycles. The minimum absolute atomic E-state index is 0.280. The van der Waals surface area contributed by atoms with E-state index in [-0.39, 0.29) is 5.56 Å². The molecule has 0 atom stereocenters. The lowest BCUT2D eigenvalue weighted by Gasteiger charge is -2.05. The maximum Gasteiger partial charge on any atom is 0.252 e. The number of fused-ring (bicyclic) bond motifs is 1. The number of hydrogen-bond donors (Lipinski definition) is 2. The van der Waals surface area contributed by atoms with Crippen molar-refractivity contribution in [2.75, 3.05) is 5.73 Å². The van der Waals surface area contributed by atoms with Gasteiger partial charge in [0.1, 0.15) is 0 Å². The van der Waals surface area contributed by atoms with Crippen LogP contribution >= 0.6 is 15.9 Å². The van der Waals surface area contributed by atoms with E-state index < -0.39 is 5.91 Å². The van der Waals surface area contributed by atoms with E-state index in [2.05, 4.69) is 20.9 Å². The number of anilines is 1. The van der Waals surface area contributed by atoms with Gasteiger partial charge in [-0.15, -0.1) is 0 Å². The Morgan fingerprint density at radius 2 is 2.29 bits per heavy atom. The summed E-state index contributed by atoms with van der Waals surface area (Å²) in [5.41, 5.74) is 12.1. The summed E-state index contributed by atoms with van der Waals surface area (Å²) in [7, 11) is 0. The number of imidazole rings is 1. The van der Waals surface area contributed by atoms with Crippen LogP contribution in [-0.2, 0) is 0 Å². The molecule has 0 saturated heterocycles. The van der Waals surface area contributed by atoms with Crippen molar-refractivity contribution in [2.45, 2.75) is 0 Å². The molecule has 2 heterocycles. The molecule has 2 aromatic rings. The first-order chi connectivity index (χ1) is 6.61. The molecule has 0 aliphatic carbocycles. The van der Waals surface area contributed by atoms with Crippen LogP contribution in [0.25, 0.3) is 5.65 Å². The van der Waals surface area contributed by atoms with E-state index in [4.69, 9.17) is 11.5 Å². The van der Waals surface area contributed by atoms with Gasteiger partial charge >= 0.3 is 0 Å². The van der Waals surface area contributed by atoms with Gasteiger partial charge in [0.15, 0.2) is 5.65 Å². The summed E-state index contributed by atoms with van der Waals surface area (Å²) in [6, 6.07) is 0. The van der Waals surface area contributed by atoms with E-state index in [9.17, 15) is 4.79 Å². The van der Waals surface area contributed by atoms with Crippen LogP contribution in [0.5, 0.6) is 0 Å². The molecule has 1 amide bonds. The summed E-state index contributed by atoms with van der Waals surface area (Å²) < 4.78 is 2.26. The first-order valence-corrected chi connectivity index (χ1v) is 4.61. The van der Waals surface area contributed by atoms with Gasteiger partial charge in [-0.2, -0.15) is 0 Å². The molecule has 2 rings (SSSR count). The molecule has 2 aromatic heterocycles. The Balaban J connectivity index is 2.87. The molecule has 4 N–H and O–H groups in total. The summed E-state index contributed by atoms with van der Waals surface area (Å²) in [6.07, 6.45) is 4.89. The number of nitrogens with zero attached hydrogens (tertiary/aromatic N) is 2. The average molecular weight is 255 g/mol. The summed E-state index contributed by atoms with van der Waals surface area (Å²) in [6.45, 7) is 0. The largest absolute Gasteiger partial charge is 0.397 e. The van der Waals surface area contributed by atoms with Gasteiger partial charge in [-0.1, -0.05) is 0 Å². The molecule has 0 radical (unpaired) electrons. The molecule has 0 spiro atoms. The Bertz CT molecular complexity index is 519. The standard InChI is InChI=1S/C8H7BrN4O/c9-5-6(10)4(7(11)14)3-13-2-1-12-8(5)13/h1-3H,10H2,(H2,11,14). The molecule has 0 bridgehead atoms. The first kappa shape index (κ1) is 9.01. The van der Waals surface area contributed by atoms with Crippen molar-refractivity contribution in [3.05, 3.63) is 28.6 Å². The lowest BCUT2D eigenvalue weighted by atomic mass is 10.2. The first-order valence-electron chi connectivity index (χ1n) is 3.81. The number of rotatable bonds is 1. The number of primary amides is 1. The molecule has 0 aliphatic rings. The number of halogens is 1. The molecule has 0 saturated carbocycles. The van der Waals surface area contributed by atoms with Crippen LogP contribution in [0.15, 0.2) is 23.1 Å². The number of amides is 1. The zero-order valence-electron chi connectivity index (χ0n) is 7.07. The average Bonchev–Trinajstić information content (AvgIpc) is 2.58. The van der Waals surface area contributed by atoms with E-state index in [1.165, 1.54) is 0 Å². The Morgan fingerprint density at radius 3 is 2.93 bits per heavy atom. The summed E-state index contributed by atoms with van der Waals surface area (Å²) >= 11 is 3.26. The van der Waals surface area contributed by atoms with Crippen molar-refractivity contribution in [1.82, 2.24) is 9.38 Å². The highest BCUT2D eigenvalue weighted by molar-refractivity contribution is 9.10. The number of pyridine rings is 1. The number of aromatic nitrogens is 2. The second-order valence-corrected chi connectivity index (χ2v) is 3.59. The Morgan fingerprint density at radius 1 is 1.57 bits per heavy atom. The van der Waals surface area contributed by atoms with Gasteiger partial charge in [0, 0.05) is 18.6 Å². The van der Waals surface area contributed by atoms with Gasteiger partial charge < -0.3 is 15.9 Å². The minimum atomic E-state index is -0.557. The van der Waals surface area contributed by atoms with Crippen molar-refractivity contribution >= 4 is 33.2 Å². The van der Waals surface area contributed by atoms with E-state index in [1.807, 2.05) is 0 Å². The summed E-state index contributed by atoms with van der Waals surface area (Å²) in [4.78, 5) is 15.1. The predicted octanol–water partition coefficient (Wildman–Crippen LogP) is 0.778. The number of nitrogen functional groups attached to an aromatic ring is 1.